The van der Waals surface area contributed by atoms with Crippen LogP contribution in [-0.2, 0) is 6.54 Å². The summed E-state index contributed by atoms with van der Waals surface area (Å²) in [6.07, 6.45) is 0. The van der Waals surface area contributed by atoms with E-state index in [1.807, 2.05) is 51.1 Å². The number of carbonyl (C=O) groups is 1. The van der Waals surface area contributed by atoms with Crippen molar-refractivity contribution in [3.8, 4) is 22.9 Å². The van der Waals surface area contributed by atoms with Crippen LogP contribution in [0.5, 0.6) is 11.5 Å². The van der Waals surface area contributed by atoms with Gasteiger partial charge in [-0.25, -0.2) is 0 Å². The summed E-state index contributed by atoms with van der Waals surface area (Å²) < 4.78 is 16.0. The highest BCUT2D eigenvalue weighted by molar-refractivity contribution is 5.94. The minimum atomic E-state index is -0.0745. The smallest absolute Gasteiger partial charge is 0.254 e. The van der Waals surface area contributed by atoms with Crippen LogP contribution in [0.3, 0.4) is 0 Å². The van der Waals surface area contributed by atoms with E-state index in [2.05, 4.69) is 10.1 Å². The van der Waals surface area contributed by atoms with Crippen LogP contribution in [-0.4, -0.2) is 41.2 Å². The number of aryl methyl sites for hydroxylation is 1. The largest absolute Gasteiger partial charge is 0.493 e. The molecule has 3 aromatic rings. The molecule has 1 amide bonds. The zero-order valence-electron chi connectivity index (χ0n) is 17.3. The Morgan fingerprint density at radius 1 is 1.10 bits per heavy atom. The van der Waals surface area contributed by atoms with Gasteiger partial charge in [-0.1, -0.05) is 22.9 Å². The number of benzene rings is 2. The molecule has 0 fully saturated rings. The summed E-state index contributed by atoms with van der Waals surface area (Å²) in [5.74, 6) is 1.91. The highest BCUT2D eigenvalue weighted by atomic mass is 16.5. The standard InChI is InChI=1S/C22H25N3O4/c1-14(2)25(22(26)17-8-6-7-15(3)11-17)13-20-23-21(24-29-20)16-9-10-18(27-4)19(12-16)28-5/h6-12,14H,13H2,1-5H3. The van der Waals surface area contributed by atoms with Gasteiger partial charge in [0.1, 0.15) is 6.54 Å². The second kappa shape index (κ2) is 8.77. The van der Waals surface area contributed by atoms with Crippen molar-refractivity contribution < 1.29 is 18.8 Å². The molecule has 0 unspecified atom stereocenters. The monoisotopic (exact) mass is 395 g/mol. The summed E-state index contributed by atoms with van der Waals surface area (Å²) in [6.45, 7) is 6.10. The molecule has 152 valence electrons. The van der Waals surface area contributed by atoms with Crippen LogP contribution < -0.4 is 9.47 Å². The lowest BCUT2D eigenvalue weighted by atomic mass is 10.1. The predicted octanol–water partition coefficient (Wildman–Crippen LogP) is 4.11. The molecule has 0 aliphatic rings. The van der Waals surface area contributed by atoms with Crippen molar-refractivity contribution in [1.82, 2.24) is 15.0 Å². The second-order valence-electron chi connectivity index (χ2n) is 6.98. The zero-order chi connectivity index (χ0) is 21.0. The normalized spacial score (nSPS) is 10.8. The quantitative estimate of drug-likeness (QED) is 0.599. The summed E-state index contributed by atoms with van der Waals surface area (Å²) in [6, 6.07) is 12.9. The molecule has 29 heavy (non-hydrogen) atoms. The van der Waals surface area contributed by atoms with E-state index in [1.54, 1.807) is 31.3 Å². The fraction of sp³-hybridized carbons (Fsp3) is 0.318. The summed E-state index contributed by atoms with van der Waals surface area (Å²) >= 11 is 0. The molecule has 7 heteroatoms. The zero-order valence-corrected chi connectivity index (χ0v) is 17.3. The Hall–Kier alpha value is -3.35. The Morgan fingerprint density at radius 3 is 2.52 bits per heavy atom. The van der Waals surface area contributed by atoms with Gasteiger partial charge < -0.3 is 18.9 Å². The molecule has 0 saturated carbocycles. The fourth-order valence-corrected chi connectivity index (χ4v) is 2.99. The van der Waals surface area contributed by atoms with Crippen LogP contribution in [0.4, 0.5) is 0 Å². The van der Waals surface area contributed by atoms with E-state index in [-0.39, 0.29) is 18.5 Å². The lowest BCUT2D eigenvalue weighted by Gasteiger charge is -2.25. The average Bonchev–Trinajstić information content (AvgIpc) is 3.19. The molecule has 0 atom stereocenters. The topological polar surface area (TPSA) is 77.7 Å². The summed E-state index contributed by atoms with van der Waals surface area (Å²) in [4.78, 5) is 19.1. The third-order valence-corrected chi connectivity index (χ3v) is 4.56. The van der Waals surface area contributed by atoms with Crippen molar-refractivity contribution >= 4 is 5.91 Å². The molecule has 7 nitrogen and oxygen atoms in total. The van der Waals surface area contributed by atoms with E-state index in [4.69, 9.17) is 14.0 Å². The van der Waals surface area contributed by atoms with Crippen molar-refractivity contribution in [2.45, 2.75) is 33.4 Å². The van der Waals surface area contributed by atoms with E-state index in [0.29, 0.717) is 28.8 Å². The number of hydrogen-bond acceptors (Lipinski definition) is 6. The third kappa shape index (κ3) is 4.56. The summed E-state index contributed by atoms with van der Waals surface area (Å²) in [5, 5.41) is 4.06. The van der Waals surface area contributed by atoms with Crippen LogP contribution in [0.15, 0.2) is 47.0 Å². The molecule has 0 N–H and O–H groups in total. The van der Waals surface area contributed by atoms with E-state index >= 15 is 0 Å². The van der Waals surface area contributed by atoms with Crippen molar-refractivity contribution in [1.29, 1.82) is 0 Å². The molecule has 1 heterocycles. The Kier molecular flexibility index (Phi) is 6.16. The number of rotatable bonds is 7. The van der Waals surface area contributed by atoms with Crippen molar-refractivity contribution in [3.05, 3.63) is 59.5 Å². The van der Waals surface area contributed by atoms with Crippen molar-refractivity contribution in [3.63, 3.8) is 0 Å². The number of aromatic nitrogens is 2. The first kappa shape index (κ1) is 20.4. The SMILES string of the molecule is COc1ccc(-c2noc(CN(C(=O)c3cccc(C)c3)C(C)C)n2)cc1OC. The molecule has 0 bridgehead atoms. The second-order valence-corrected chi connectivity index (χ2v) is 6.98. The first-order valence-electron chi connectivity index (χ1n) is 9.35. The minimum Gasteiger partial charge on any atom is -0.493 e. The molecular formula is C22H25N3O4. The highest BCUT2D eigenvalue weighted by Gasteiger charge is 2.22. The van der Waals surface area contributed by atoms with Gasteiger partial charge in [-0.05, 0) is 51.1 Å². The molecular weight excluding hydrogens is 370 g/mol. The fourth-order valence-electron chi connectivity index (χ4n) is 2.99. The number of amides is 1. The molecule has 3 rings (SSSR count). The maximum Gasteiger partial charge on any atom is 0.254 e. The Bertz CT molecular complexity index is 997. The molecule has 1 aromatic heterocycles. The van der Waals surface area contributed by atoms with E-state index < -0.39 is 0 Å². The van der Waals surface area contributed by atoms with Gasteiger partial charge in [0.15, 0.2) is 11.5 Å². The highest BCUT2D eigenvalue weighted by Crippen LogP contribution is 2.31. The Morgan fingerprint density at radius 2 is 1.86 bits per heavy atom. The number of hydrogen-bond donors (Lipinski definition) is 0. The molecule has 0 spiro atoms. The van der Waals surface area contributed by atoms with E-state index in [1.165, 1.54) is 0 Å². The number of nitrogens with zero attached hydrogens (tertiary/aromatic N) is 3. The van der Waals surface area contributed by atoms with Gasteiger partial charge in [-0.3, -0.25) is 4.79 Å². The van der Waals surface area contributed by atoms with Gasteiger partial charge in [0.25, 0.3) is 5.91 Å². The van der Waals surface area contributed by atoms with Crippen LogP contribution in [0.1, 0.15) is 35.7 Å². The maximum absolute atomic E-state index is 13.0. The summed E-state index contributed by atoms with van der Waals surface area (Å²) in [5.41, 5.74) is 2.41. The van der Waals surface area contributed by atoms with Crippen LogP contribution in [0.2, 0.25) is 0 Å². The average molecular weight is 395 g/mol. The number of ether oxygens (including phenoxy) is 2. The van der Waals surface area contributed by atoms with Crippen LogP contribution >= 0.6 is 0 Å². The van der Waals surface area contributed by atoms with Gasteiger partial charge in [-0.15, -0.1) is 0 Å². The maximum atomic E-state index is 13.0. The molecule has 0 radical (unpaired) electrons. The number of methoxy groups -OCH3 is 2. The third-order valence-electron chi connectivity index (χ3n) is 4.56. The van der Waals surface area contributed by atoms with Gasteiger partial charge in [0.05, 0.1) is 14.2 Å². The van der Waals surface area contributed by atoms with Gasteiger partial charge in [0.2, 0.25) is 11.7 Å². The van der Waals surface area contributed by atoms with E-state index in [9.17, 15) is 4.79 Å². The van der Waals surface area contributed by atoms with Crippen molar-refractivity contribution in [2.75, 3.05) is 14.2 Å². The lowest BCUT2D eigenvalue weighted by Crippen LogP contribution is -2.36. The first-order valence-corrected chi connectivity index (χ1v) is 9.35. The first-order chi connectivity index (χ1) is 13.9. The van der Waals surface area contributed by atoms with Crippen molar-refractivity contribution in [2.24, 2.45) is 0 Å². The summed E-state index contributed by atoms with van der Waals surface area (Å²) in [7, 11) is 3.15. The van der Waals surface area contributed by atoms with Gasteiger partial charge >= 0.3 is 0 Å². The minimum absolute atomic E-state index is 0.0283. The van der Waals surface area contributed by atoms with Crippen LogP contribution in [0, 0.1) is 6.92 Å². The lowest BCUT2D eigenvalue weighted by molar-refractivity contribution is 0.0667. The van der Waals surface area contributed by atoms with Gasteiger partial charge in [0, 0.05) is 17.2 Å². The molecule has 0 saturated heterocycles. The molecule has 2 aromatic carbocycles. The predicted molar refractivity (Wildman–Crippen MR) is 109 cm³/mol. The van der Waals surface area contributed by atoms with Gasteiger partial charge in [-0.2, -0.15) is 4.98 Å². The molecule has 0 aliphatic heterocycles. The molecule has 0 aliphatic carbocycles. The Balaban J connectivity index is 1.83. The Labute approximate surface area is 170 Å². The van der Waals surface area contributed by atoms with E-state index in [0.717, 1.165) is 11.1 Å². The van der Waals surface area contributed by atoms with Crippen LogP contribution in [0.25, 0.3) is 11.4 Å². The number of carbonyl (C=O) groups excluding carboxylic acids is 1.